The Labute approximate surface area is 186 Å². The zero-order valence-corrected chi connectivity index (χ0v) is 20.2. The zero-order valence-electron chi connectivity index (χ0n) is 17.8. The van der Waals surface area contributed by atoms with E-state index in [-0.39, 0.29) is 0 Å². The smallest absolute Gasteiger partial charge is 0.187 e. The van der Waals surface area contributed by atoms with Crippen LogP contribution in [-0.2, 0) is 0 Å². The molecule has 0 bridgehead atoms. The molecule has 0 unspecified atom stereocenters. The molecule has 1 aliphatic heterocycles. The summed E-state index contributed by atoms with van der Waals surface area (Å²) in [5.74, 6) is 1.83. The van der Waals surface area contributed by atoms with Gasteiger partial charge in [0.05, 0.1) is 0 Å². The fourth-order valence-electron chi connectivity index (χ4n) is 3.87. The first-order chi connectivity index (χ1) is 13.8. The van der Waals surface area contributed by atoms with Gasteiger partial charge in [-0.3, -0.25) is 0 Å². The Kier molecular flexibility index (Phi) is 5.92. The average Bonchev–Trinajstić information content (AvgIpc) is 2.99. The molecular weight excluding hydrogens is 416 g/mol. The van der Waals surface area contributed by atoms with Gasteiger partial charge in [0.2, 0.25) is 0 Å². The van der Waals surface area contributed by atoms with E-state index in [9.17, 15) is 0 Å². The first kappa shape index (κ1) is 20.7. The van der Waals surface area contributed by atoms with E-state index in [1.54, 1.807) is 34.9 Å². The van der Waals surface area contributed by atoms with Crippen LogP contribution in [0.2, 0.25) is 0 Å². The van der Waals surface area contributed by atoms with Crippen molar-refractivity contribution >= 4 is 34.9 Å². The van der Waals surface area contributed by atoms with Crippen molar-refractivity contribution in [2.45, 2.75) is 59.8 Å². The molecule has 2 heterocycles. The molecule has 29 heavy (non-hydrogen) atoms. The van der Waals surface area contributed by atoms with E-state index in [1.165, 1.54) is 51.6 Å². The van der Waals surface area contributed by atoms with Crippen LogP contribution in [-0.4, -0.2) is 13.2 Å². The summed E-state index contributed by atoms with van der Waals surface area (Å²) in [5, 5.41) is 0. The highest BCUT2D eigenvalue weighted by Gasteiger charge is 2.27. The lowest BCUT2D eigenvalue weighted by atomic mass is 10.1. The van der Waals surface area contributed by atoms with Gasteiger partial charge in [-0.1, -0.05) is 58.9 Å². The summed E-state index contributed by atoms with van der Waals surface area (Å²) in [6, 6.07) is 9.01. The predicted octanol–water partition coefficient (Wildman–Crippen LogP) is 7.67. The van der Waals surface area contributed by atoms with Crippen LogP contribution >= 0.6 is 34.9 Å². The van der Waals surface area contributed by atoms with Crippen molar-refractivity contribution in [3.05, 3.63) is 57.6 Å². The highest BCUT2D eigenvalue weighted by Crippen LogP contribution is 2.56. The zero-order chi connectivity index (χ0) is 20.7. The third kappa shape index (κ3) is 4.18. The minimum Gasteiger partial charge on any atom is -0.484 e. The van der Waals surface area contributed by atoms with Gasteiger partial charge in [-0.05, 0) is 63.8 Å². The summed E-state index contributed by atoms with van der Waals surface area (Å²) >= 11 is 5.40. The summed E-state index contributed by atoms with van der Waals surface area (Å²) in [6.07, 6.45) is 0. The normalized spacial score (nSPS) is 13.0. The quantitative estimate of drug-likeness (QED) is 0.412. The number of benzene rings is 2. The molecule has 0 atom stereocenters. The van der Waals surface area contributed by atoms with Gasteiger partial charge in [0, 0.05) is 9.79 Å². The van der Waals surface area contributed by atoms with E-state index in [0.717, 1.165) is 11.5 Å². The first-order valence-corrected chi connectivity index (χ1v) is 12.2. The summed E-state index contributed by atoms with van der Waals surface area (Å²) in [4.78, 5) is 2.63. The number of rotatable bonds is 4. The molecule has 0 aliphatic carbocycles. The molecule has 0 spiro atoms. The van der Waals surface area contributed by atoms with Crippen molar-refractivity contribution in [3.63, 3.8) is 0 Å². The third-order valence-corrected chi connectivity index (χ3v) is 9.12. The van der Waals surface area contributed by atoms with Crippen molar-refractivity contribution in [3.8, 4) is 11.5 Å². The lowest BCUT2D eigenvalue weighted by Gasteiger charge is -2.18. The Hall–Kier alpha value is -1.56. The number of hydrogen-bond donors (Lipinski definition) is 0. The second-order valence-corrected chi connectivity index (χ2v) is 11.3. The maximum absolute atomic E-state index is 6.08. The maximum Gasteiger partial charge on any atom is 0.187 e. The highest BCUT2D eigenvalue weighted by atomic mass is 32.2. The molecule has 1 aliphatic rings. The van der Waals surface area contributed by atoms with Gasteiger partial charge >= 0.3 is 0 Å². The van der Waals surface area contributed by atoms with Crippen LogP contribution in [0.5, 0.6) is 11.5 Å². The van der Waals surface area contributed by atoms with Crippen molar-refractivity contribution in [2.24, 2.45) is 0 Å². The van der Waals surface area contributed by atoms with Crippen LogP contribution in [0.4, 0.5) is 0 Å². The summed E-state index contributed by atoms with van der Waals surface area (Å²) in [5.41, 5.74) is 7.85. The highest BCUT2D eigenvalue weighted by molar-refractivity contribution is 8.03. The van der Waals surface area contributed by atoms with E-state index < -0.39 is 0 Å². The van der Waals surface area contributed by atoms with E-state index in [1.807, 2.05) is 0 Å². The third-order valence-electron chi connectivity index (χ3n) is 4.94. The van der Waals surface area contributed by atoms with Gasteiger partial charge in [0.1, 0.15) is 21.6 Å². The summed E-state index contributed by atoms with van der Waals surface area (Å²) in [6.45, 7) is 14.3. The fourth-order valence-corrected chi connectivity index (χ4v) is 7.76. The number of fused-ring (bicyclic) bond motifs is 1. The molecule has 5 heteroatoms. The summed E-state index contributed by atoms with van der Waals surface area (Å²) in [7, 11) is 0. The number of ether oxygens (including phenoxy) is 2. The SMILES string of the molecule is Cc1cc(C)c(Sc2sc(Sc3c(C)cc(C)cc3C)c3c2OCCO3)c(C)c1. The molecule has 0 N–H and O–H groups in total. The van der Waals surface area contributed by atoms with Crippen LogP contribution in [0.15, 0.2) is 42.5 Å². The molecule has 0 saturated carbocycles. The fraction of sp³-hybridized carbons (Fsp3) is 0.333. The van der Waals surface area contributed by atoms with Crippen LogP contribution in [0, 0.1) is 41.5 Å². The Morgan fingerprint density at radius 3 is 1.31 bits per heavy atom. The minimum atomic E-state index is 0.607. The Morgan fingerprint density at radius 1 is 0.621 bits per heavy atom. The summed E-state index contributed by atoms with van der Waals surface area (Å²) < 4.78 is 14.5. The van der Waals surface area contributed by atoms with Crippen LogP contribution < -0.4 is 9.47 Å². The van der Waals surface area contributed by atoms with Crippen LogP contribution in [0.3, 0.4) is 0 Å². The maximum atomic E-state index is 6.08. The number of hydrogen-bond acceptors (Lipinski definition) is 5. The van der Waals surface area contributed by atoms with Crippen LogP contribution in [0.1, 0.15) is 33.4 Å². The molecule has 0 fully saturated rings. The molecule has 0 radical (unpaired) electrons. The van der Waals surface area contributed by atoms with Gasteiger partial charge in [-0.15, -0.1) is 11.3 Å². The van der Waals surface area contributed by atoms with Gasteiger partial charge in [-0.2, -0.15) is 0 Å². The molecule has 2 nitrogen and oxygen atoms in total. The molecule has 0 saturated heterocycles. The van der Waals surface area contributed by atoms with Crippen molar-refractivity contribution in [1.29, 1.82) is 0 Å². The topological polar surface area (TPSA) is 18.5 Å². The molecule has 0 amide bonds. The molecule has 2 aromatic carbocycles. The molecular formula is C24H26O2S3. The second-order valence-electron chi connectivity index (χ2n) is 7.69. The van der Waals surface area contributed by atoms with Crippen molar-refractivity contribution in [2.75, 3.05) is 13.2 Å². The molecule has 1 aromatic heterocycles. The molecule has 152 valence electrons. The Balaban J connectivity index is 1.74. The van der Waals surface area contributed by atoms with Crippen molar-refractivity contribution < 1.29 is 9.47 Å². The van der Waals surface area contributed by atoms with E-state index in [0.29, 0.717) is 13.2 Å². The van der Waals surface area contributed by atoms with Gasteiger partial charge in [-0.25, -0.2) is 0 Å². The molecule has 4 rings (SSSR count). The van der Waals surface area contributed by atoms with E-state index >= 15 is 0 Å². The lowest BCUT2D eigenvalue weighted by molar-refractivity contribution is 0.166. The Morgan fingerprint density at radius 2 is 0.966 bits per heavy atom. The van der Waals surface area contributed by atoms with E-state index in [2.05, 4.69) is 65.8 Å². The van der Waals surface area contributed by atoms with Gasteiger partial charge < -0.3 is 9.47 Å². The standard InChI is InChI=1S/C24H26O2S3/c1-13-9-15(3)21(16(4)10-13)27-23-19-20(26-8-7-25-19)24(29-23)28-22-17(5)11-14(2)12-18(22)6/h9-12H,7-8H2,1-6H3. The average molecular weight is 443 g/mol. The number of aryl methyl sites for hydroxylation is 6. The molecule has 3 aromatic rings. The Bertz CT molecular complexity index is 952. The van der Waals surface area contributed by atoms with E-state index in [4.69, 9.17) is 9.47 Å². The first-order valence-electron chi connectivity index (χ1n) is 9.77. The predicted molar refractivity (Wildman–Crippen MR) is 125 cm³/mol. The van der Waals surface area contributed by atoms with Gasteiger partial charge in [0.25, 0.3) is 0 Å². The lowest BCUT2D eigenvalue weighted by Crippen LogP contribution is -2.14. The minimum absolute atomic E-state index is 0.607. The second kappa shape index (κ2) is 8.29. The largest absolute Gasteiger partial charge is 0.484 e. The van der Waals surface area contributed by atoms with Crippen molar-refractivity contribution in [1.82, 2.24) is 0 Å². The van der Waals surface area contributed by atoms with Gasteiger partial charge in [0.15, 0.2) is 11.5 Å². The number of thiophene rings is 1. The van der Waals surface area contributed by atoms with Crippen LogP contribution in [0.25, 0.3) is 0 Å². The monoisotopic (exact) mass is 442 g/mol.